The molecule has 0 aliphatic rings. The SMILES string of the molecule is CN(C)Nc1ncnc(Nc2ccc(Cl)c(C(F)(F)F)c2)c1[N+](=O)[O-]. The van der Waals surface area contributed by atoms with Gasteiger partial charge in [0.2, 0.25) is 11.6 Å². The number of nitro groups is 1. The normalized spacial score (nSPS) is 11.5. The Balaban J connectivity index is 2.46. The van der Waals surface area contributed by atoms with Gasteiger partial charge in [-0.25, -0.2) is 15.0 Å². The number of aromatic nitrogens is 2. The monoisotopic (exact) mass is 376 g/mol. The van der Waals surface area contributed by atoms with Crippen LogP contribution in [0.5, 0.6) is 0 Å². The highest BCUT2D eigenvalue weighted by Crippen LogP contribution is 2.37. The van der Waals surface area contributed by atoms with Gasteiger partial charge in [-0.05, 0) is 18.2 Å². The number of anilines is 3. The fraction of sp³-hybridized carbons (Fsp3) is 0.231. The van der Waals surface area contributed by atoms with E-state index in [1.165, 1.54) is 11.1 Å². The van der Waals surface area contributed by atoms with Gasteiger partial charge in [0.15, 0.2) is 0 Å². The summed E-state index contributed by atoms with van der Waals surface area (Å²) in [4.78, 5) is 18.1. The van der Waals surface area contributed by atoms with Crippen LogP contribution >= 0.6 is 11.6 Å². The van der Waals surface area contributed by atoms with Crippen molar-refractivity contribution in [2.75, 3.05) is 24.8 Å². The first-order valence-corrected chi connectivity index (χ1v) is 7.04. The summed E-state index contributed by atoms with van der Waals surface area (Å²) in [7, 11) is 3.18. The standard InChI is InChI=1S/C13H12ClF3N6O2/c1-22(2)21-12-10(23(24)25)11(18-6-19-12)20-7-3-4-9(14)8(5-7)13(15,16)17/h3-6H,1-2H3,(H2,18,19,20,21). The predicted octanol–water partition coefficient (Wildman–Crippen LogP) is 3.69. The summed E-state index contributed by atoms with van der Waals surface area (Å²) < 4.78 is 38.8. The first kappa shape index (κ1) is 18.7. The summed E-state index contributed by atoms with van der Waals surface area (Å²) in [5, 5.41) is 14.8. The molecule has 0 aliphatic carbocycles. The van der Waals surface area contributed by atoms with E-state index in [-0.39, 0.29) is 17.3 Å². The third kappa shape index (κ3) is 4.45. The molecule has 0 fully saturated rings. The quantitative estimate of drug-likeness (QED) is 0.606. The summed E-state index contributed by atoms with van der Waals surface area (Å²) in [5.74, 6) is -0.377. The lowest BCUT2D eigenvalue weighted by Gasteiger charge is -2.15. The fourth-order valence-electron chi connectivity index (χ4n) is 1.89. The summed E-state index contributed by atoms with van der Waals surface area (Å²) >= 11 is 5.55. The molecule has 0 amide bonds. The molecular formula is C13H12ClF3N6O2. The Morgan fingerprint density at radius 2 is 1.88 bits per heavy atom. The number of nitrogens with zero attached hydrogens (tertiary/aromatic N) is 4. The molecule has 1 aromatic heterocycles. The molecule has 0 spiro atoms. The summed E-state index contributed by atoms with van der Waals surface area (Å²) in [6.45, 7) is 0. The molecule has 0 saturated carbocycles. The number of benzene rings is 1. The molecule has 12 heteroatoms. The van der Waals surface area contributed by atoms with Gasteiger partial charge in [-0.3, -0.25) is 15.5 Å². The van der Waals surface area contributed by atoms with E-state index in [0.717, 1.165) is 18.5 Å². The Morgan fingerprint density at radius 1 is 1.24 bits per heavy atom. The minimum Gasteiger partial charge on any atom is -0.334 e. The van der Waals surface area contributed by atoms with Crippen LogP contribution in [-0.2, 0) is 6.18 Å². The van der Waals surface area contributed by atoms with E-state index in [9.17, 15) is 23.3 Å². The summed E-state index contributed by atoms with van der Waals surface area (Å²) in [6.07, 6.45) is -3.62. The number of hydrogen-bond donors (Lipinski definition) is 2. The second-order valence-electron chi connectivity index (χ2n) is 5.00. The molecule has 1 aromatic carbocycles. The smallest absolute Gasteiger partial charge is 0.334 e. The highest BCUT2D eigenvalue weighted by molar-refractivity contribution is 6.31. The Kier molecular flexibility index (Phi) is 5.28. The van der Waals surface area contributed by atoms with Gasteiger partial charge >= 0.3 is 11.9 Å². The van der Waals surface area contributed by atoms with Gasteiger partial charge in [0.1, 0.15) is 6.33 Å². The molecule has 2 rings (SSSR count). The van der Waals surface area contributed by atoms with E-state index >= 15 is 0 Å². The second kappa shape index (κ2) is 7.07. The van der Waals surface area contributed by atoms with Crippen molar-refractivity contribution in [2.24, 2.45) is 0 Å². The molecule has 1 heterocycles. The molecule has 2 aromatic rings. The number of alkyl halides is 3. The van der Waals surface area contributed by atoms with Crippen LogP contribution in [0.1, 0.15) is 5.56 Å². The third-order valence-electron chi connectivity index (χ3n) is 2.87. The average Bonchev–Trinajstić information content (AvgIpc) is 2.47. The van der Waals surface area contributed by atoms with Crippen molar-refractivity contribution in [3.8, 4) is 0 Å². The number of halogens is 4. The molecule has 0 bridgehead atoms. The maximum atomic E-state index is 12.9. The summed E-state index contributed by atoms with van der Waals surface area (Å²) in [5.41, 5.74) is 0.983. The number of nitrogens with one attached hydrogen (secondary N) is 2. The van der Waals surface area contributed by atoms with Crippen molar-refractivity contribution < 1.29 is 18.1 Å². The zero-order chi connectivity index (χ0) is 18.8. The van der Waals surface area contributed by atoms with Crippen LogP contribution in [-0.4, -0.2) is 34.0 Å². The lowest BCUT2D eigenvalue weighted by atomic mass is 10.2. The van der Waals surface area contributed by atoms with Gasteiger partial charge < -0.3 is 5.32 Å². The summed E-state index contributed by atoms with van der Waals surface area (Å²) in [6, 6.07) is 3.04. The number of hydrogen-bond acceptors (Lipinski definition) is 7. The Bertz CT molecular complexity index is 800. The topological polar surface area (TPSA) is 96.2 Å². The van der Waals surface area contributed by atoms with E-state index in [2.05, 4.69) is 20.7 Å². The van der Waals surface area contributed by atoms with Gasteiger partial charge in [-0.1, -0.05) is 11.6 Å². The minimum atomic E-state index is -4.66. The minimum absolute atomic E-state index is 0.0608. The van der Waals surface area contributed by atoms with Crippen LogP contribution < -0.4 is 10.7 Å². The van der Waals surface area contributed by atoms with Crippen LogP contribution in [0, 0.1) is 10.1 Å². The lowest BCUT2D eigenvalue weighted by Crippen LogP contribution is -2.21. The molecule has 8 nitrogen and oxygen atoms in total. The zero-order valence-electron chi connectivity index (χ0n) is 12.9. The highest BCUT2D eigenvalue weighted by Gasteiger charge is 2.33. The zero-order valence-corrected chi connectivity index (χ0v) is 13.7. The largest absolute Gasteiger partial charge is 0.417 e. The first-order valence-electron chi connectivity index (χ1n) is 6.66. The van der Waals surface area contributed by atoms with Crippen LogP contribution in [0.15, 0.2) is 24.5 Å². The van der Waals surface area contributed by atoms with Gasteiger partial charge in [-0.15, -0.1) is 0 Å². The van der Waals surface area contributed by atoms with Crippen LogP contribution in [0.3, 0.4) is 0 Å². The maximum absolute atomic E-state index is 12.9. The van der Waals surface area contributed by atoms with Gasteiger partial charge in [0.05, 0.1) is 15.5 Å². The predicted molar refractivity (Wildman–Crippen MR) is 85.7 cm³/mol. The molecule has 0 saturated heterocycles. The molecule has 0 unspecified atom stereocenters. The van der Waals surface area contributed by atoms with Crippen molar-refractivity contribution in [3.63, 3.8) is 0 Å². The van der Waals surface area contributed by atoms with Crippen molar-refractivity contribution in [1.29, 1.82) is 0 Å². The molecule has 2 N–H and O–H groups in total. The number of rotatable bonds is 5. The third-order valence-corrected chi connectivity index (χ3v) is 3.20. The van der Waals surface area contributed by atoms with Crippen LogP contribution in [0.2, 0.25) is 5.02 Å². The van der Waals surface area contributed by atoms with E-state index in [4.69, 9.17) is 11.6 Å². The van der Waals surface area contributed by atoms with Crippen LogP contribution in [0.25, 0.3) is 0 Å². The molecule has 0 atom stereocenters. The second-order valence-corrected chi connectivity index (χ2v) is 5.41. The molecule has 0 aliphatic heterocycles. The van der Waals surface area contributed by atoms with Crippen molar-refractivity contribution >= 4 is 34.6 Å². The van der Waals surface area contributed by atoms with Crippen molar-refractivity contribution in [2.45, 2.75) is 6.18 Å². The van der Waals surface area contributed by atoms with Gasteiger partial charge in [-0.2, -0.15) is 13.2 Å². The van der Waals surface area contributed by atoms with E-state index in [1.54, 1.807) is 14.1 Å². The maximum Gasteiger partial charge on any atom is 0.417 e. The molecular weight excluding hydrogens is 365 g/mol. The molecule has 25 heavy (non-hydrogen) atoms. The molecule has 0 radical (unpaired) electrons. The van der Waals surface area contributed by atoms with Gasteiger partial charge in [0, 0.05) is 19.8 Å². The number of hydrazine groups is 1. The average molecular weight is 377 g/mol. The van der Waals surface area contributed by atoms with Crippen LogP contribution in [0.4, 0.5) is 36.2 Å². The first-order chi connectivity index (χ1) is 11.6. The van der Waals surface area contributed by atoms with E-state index < -0.39 is 27.4 Å². The van der Waals surface area contributed by atoms with E-state index in [0.29, 0.717) is 0 Å². The highest BCUT2D eigenvalue weighted by atomic mass is 35.5. The fourth-order valence-corrected chi connectivity index (χ4v) is 2.12. The van der Waals surface area contributed by atoms with Crippen molar-refractivity contribution in [1.82, 2.24) is 15.0 Å². The lowest BCUT2D eigenvalue weighted by molar-refractivity contribution is -0.383. The Hall–Kier alpha value is -2.66. The molecule has 134 valence electrons. The Labute approximate surface area is 144 Å². The van der Waals surface area contributed by atoms with Gasteiger partial charge in [0.25, 0.3) is 0 Å². The van der Waals surface area contributed by atoms with Crippen molar-refractivity contribution in [3.05, 3.63) is 45.2 Å². The van der Waals surface area contributed by atoms with E-state index in [1.807, 2.05) is 0 Å². The Morgan fingerprint density at radius 3 is 2.44 bits per heavy atom.